The average molecular weight is 258 g/mol. The van der Waals surface area contributed by atoms with Crippen LogP contribution >= 0.6 is 11.8 Å². The number of carbonyl (C=O) groups excluding carboxylic acids is 1. The predicted octanol–water partition coefficient (Wildman–Crippen LogP) is 2.60. The molecule has 4 heteroatoms. The van der Waals surface area contributed by atoms with Crippen molar-refractivity contribution in [2.75, 3.05) is 12.3 Å². The van der Waals surface area contributed by atoms with Gasteiger partial charge in [-0.15, -0.1) is 11.8 Å². The van der Waals surface area contributed by atoms with Crippen molar-refractivity contribution in [1.29, 1.82) is 0 Å². The summed E-state index contributed by atoms with van der Waals surface area (Å²) in [6.07, 6.45) is 1.62. The zero-order valence-corrected chi connectivity index (χ0v) is 10.7. The molecule has 0 unspecified atom stereocenters. The molecule has 0 spiro atoms. The van der Waals surface area contributed by atoms with Gasteiger partial charge in [0.2, 0.25) is 0 Å². The zero-order valence-electron chi connectivity index (χ0n) is 9.87. The molecule has 92 valence electrons. The Morgan fingerprint density at radius 1 is 1.11 bits per heavy atom. The number of hydrogen-bond donors (Lipinski definition) is 1. The lowest BCUT2D eigenvalue weighted by Crippen LogP contribution is -2.26. The van der Waals surface area contributed by atoms with Gasteiger partial charge in [0.1, 0.15) is 5.69 Å². The maximum atomic E-state index is 11.7. The maximum absolute atomic E-state index is 11.7. The summed E-state index contributed by atoms with van der Waals surface area (Å²) in [5.74, 6) is 0.729. The molecular formula is C14H14N2OS. The Kier molecular flexibility index (Phi) is 4.78. The first kappa shape index (κ1) is 12.6. The van der Waals surface area contributed by atoms with E-state index in [1.165, 1.54) is 4.90 Å². The first-order valence-electron chi connectivity index (χ1n) is 5.73. The molecule has 0 bridgehead atoms. The molecule has 2 rings (SSSR count). The smallest absolute Gasteiger partial charge is 0.269 e. The van der Waals surface area contributed by atoms with Crippen LogP contribution in [0.25, 0.3) is 0 Å². The number of amides is 1. The minimum absolute atomic E-state index is 0.121. The van der Waals surface area contributed by atoms with Crippen LogP contribution in [0, 0.1) is 0 Å². The molecule has 1 N–H and O–H groups in total. The second kappa shape index (κ2) is 6.81. The van der Waals surface area contributed by atoms with Crippen molar-refractivity contribution >= 4 is 17.7 Å². The van der Waals surface area contributed by atoms with Crippen molar-refractivity contribution in [3.63, 3.8) is 0 Å². The van der Waals surface area contributed by atoms with Crippen LogP contribution < -0.4 is 5.32 Å². The van der Waals surface area contributed by atoms with Crippen molar-refractivity contribution in [1.82, 2.24) is 10.3 Å². The van der Waals surface area contributed by atoms with Gasteiger partial charge in [0.15, 0.2) is 0 Å². The molecule has 0 aliphatic carbocycles. The number of nitrogens with zero attached hydrogens (tertiary/aromatic N) is 1. The summed E-state index contributed by atoms with van der Waals surface area (Å²) < 4.78 is 0. The number of aromatic nitrogens is 1. The predicted molar refractivity (Wildman–Crippen MR) is 73.7 cm³/mol. The molecule has 0 saturated carbocycles. The Labute approximate surface area is 111 Å². The van der Waals surface area contributed by atoms with Crippen LogP contribution in [-0.4, -0.2) is 23.2 Å². The van der Waals surface area contributed by atoms with Gasteiger partial charge >= 0.3 is 0 Å². The summed E-state index contributed by atoms with van der Waals surface area (Å²) in [4.78, 5) is 16.9. The Morgan fingerprint density at radius 2 is 1.89 bits per heavy atom. The molecule has 0 aliphatic heterocycles. The molecule has 3 nitrogen and oxygen atoms in total. The molecule has 1 aromatic heterocycles. The molecule has 0 saturated heterocycles. The molecule has 1 aromatic carbocycles. The molecule has 0 fully saturated rings. The Bertz CT molecular complexity index is 488. The van der Waals surface area contributed by atoms with Gasteiger partial charge in [-0.3, -0.25) is 9.78 Å². The van der Waals surface area contributed by atoms with Gasteiger partial charge in [-0.05, 0) is 24.3 Å². The third-order valence-corrected chi connectivity index (χ3v) is 3.31. The number of carbonyl (C=O) groups is 1. The molecule has 18 heavy (non-hydrogen) atoms. The van der Waals surface area contributed by atoms with Crippen LogP contribution in [0.4, 0.5) is 0 Å². The van der Waals surface area contributed by atoms with E-state index < -0.39 is 0 Å². The third-order valence-electron chi connectivity index (χ3n) is 2.30. The van der Waals surface area contributed by atoms with Gasteiger partial charge in [0, 0.05) is 23.4 Å². The van der Waals surface area contributed by atoms with Crippen LogP contribution in [0.5, 0.6) is 0 Å². The number of benzene rings is 1. The van der Waals surface area contributed by atoms with E-state index >= 15 is 0 Å². The number of thioether (sulfide) groups is 1. The fourth-order valence-corrected chi connectivity index (χ4v) is 2.23. The van der Waals surface area contributed by atoms with E-state index in [2.05, 4.69) is 22.4 Å². The highest BCUT2D eigenvalue weighted by Gasteiger charge is 2.04. The van der Waals surface area contributed by atoms with Crippen LogP contribution in [0.2, 0.25) is 0 Å². The second-order valence-electron chi connectivity index (χ2n) is 3.63. The topological polar surface area (TPSA) is 42.0 Å². The lowest BCUT2D eigenvalue weighted by atomic mass is 10.3. The quantitative estimate of drug-likeness (QED) is 0.662. The minimum atomic E-state index is -0.121. The average Bonchev–Trinajstić information content (AvgIpc) is 2.45. The van der Waals surface area contributed by atoms with Crippen molar-refractivity contribution < 1.29 is 4.79 Å². The maximum Gasteiger partial charge on any atom is 0.269 e. The molecule has 0 aliphatic rings. The lowest BCUT2D eigenvalue weighted by molar-refractivity contribution is 0.0951. The standard InChI is InChI=1S/C14H14N2OS/c17-14(13-8-4-5-9-15-13)16-10-11-18-12-6-2-1-3-7-12/h1-9H,10-11H2,(H,16,17). The summed E-state index contributed by atoms with van der Waals surface area (Å²) in [6, 6.07) is 15.4. The fourth-order valence-electron chi connectivity index (χ4n) is 1.44. The summed E-state index contributed by atoms with van der Waals surface area (Å²) in [6.45, 7) is 0.634. The van der Waals surface area contributed by atoms with Gasteiger partial charge in [-0.25, -0.2) is 0 Å². The zero-order chi connectivity index (χ0) is 12.6. The number of pyridine rings is 1. The van der Waals surface area contributed by atoms with E-state index in [-0.39, 0.29) is 5.91 Å². The van der Waals surface area contributed by atoms with Gasteiger partial charge in [-0.1, -0.05) is 24.3 Å². The van der Waals surface area contributed by atoms with Crippen LogP contribution in [0.1, 0.15) is 10.5 Å². The Morgan fingerprint density at radius 3 is 2.61 bits per heavy atom. The Hall–Kier alpha value is -1.81. The van der Waals surface area contributed by atoms with Gasteiger partial charge in [0.05, 0.1) is 0 Å². The molecular weight excluding hydrogens is 244 g/mol. The van der Waals surface area contributed by atoms with Gasteiger partial charge in [-0.2, -0.15) is 0 Å². The summed E-state index contributed by atoms with van der Waals surface area (Å²) in [7, 11) is 0. The highest BCUT2D eigenvalue weighted by molar-refractivity contribution is 7.99. The molecule has 2 aromatic rings. The van der Waals surface area contributed by atoms with Gasteiger partial charge in [0.25, 0.3) is 5.91 Å². The number of hydrogen-bond acceptors (Lipinski definition) is 3. The number of nitrogens with one attached hydrogen (secondary N) is 1. The Balaban J connectivity index is 1.72. The molecule has 0 radical (unpaired) electrons. The fraction of sp³-hybridized carbons (Fsp3) is 0.143. The van der Waals surface area contributed by atoms with E-state index in [4.69, 9.17) is 0 Å². The van der Waals surface area contributed by atoms with Crippen molar-refractivity contribution in [3.8, 4) is 0 Å². The lowest BCUT2D eigenvalue weighted by Gasteiger charge is -2.04. The SMILES string of the molecule is O=C(NCCSc1ccccc1)c1ccccn1. The summed E-state index contributed by atoms with van der Waals surface area (Å²) in [5, 5.41) is 2.85. The molecule has 1 heterocycles. The van der Waals surface area contributed by atoms with E-state index in [1.54, 1.807) is 36.2 Å². The largest absolute Gasteiger partial charge is 0.350 e. The monoisotopic (exact) mass is 258 g/mol. The van der Waals surface area contributed by atoms with Crippen molar-refractivity contribution in [2.45, 2.75) is 4.90 Å². The van der Waals surface area contributed by atoms with Gasteiger partial charge < -0.3 is 5.32 Å². The van der Waals surface area contributed by atoms with Crippen LogP contribution in [0.15, 0.2) is 59.6 Å². The van der Waals surface area contributed by atoms with E-state index in [9.17, 15) is 4.79 Å². The summed E-state index contributed by atoms with van der Waals surface area (Å²) in [5.41, 5.74) is 0.460. The highest BCUT2D eigenvalue weighted by Crippen LogP contribution is 2.15. The van der Waals surface area contributed by atoms with E-state index in [1.807, 2.05) is 18.2 Å². The van der Waals surface area contributed by atoms with Crippen molar-refractivity contribution in [2.24, 2.45) is 0 Å². The third kappa shape index (κ3) is 3.89. The minimum Gasteiger partial charge on any atom is -0.350 e. The van der Waals surface area contributed by atoms with Crippen molar-refractivity contribution in [3.05, 3.63) is 60.4 Å². The van der Waals surface area contributed by atoms with Crippen LogP contribution in [-0.2, 0) is 0 Å². The molecule has 1 amide bonds. The normalized spacial score (nSPS) is 10.0. The first-order valence-corrected chi connectivity index (χ1v) is 6.72. The van der Waals surface area contributed by atoms with E-state index in [0.29, 0.717) is 12.2 Å². The number of rotatable bonds is 5. The highest BCUT2D eigenvalue weighted by atomic mass is 32.2. The summed E-state index contributed by atoms with van der Waals surface area (Å²) >= 11 is 1.72. The molecule has 0 atom stereocenters. The van der Waals surface area contributed by atoms with Crippen LogP contribution in [0.3, 0.4) is 0 Å². The first-order chi connectivity index (χ1) is 8.86. The van der Waals surface area contributed by atoms with E-state index in [0.717, 1.165) is 5.75 Å². The second-order valence-corrected chi connectivity index (χ2v) is 4.80.